The van der Waals surface area contributed by atoms with Crippen molar-refractivity contribution in [1.82, 2.24) is 10.3 Å². The van der Waals surface area contributed by atoms with Crippen LogP contribution in [0.2, 0.25) is 0 Å². The van der Waals surface area contributed by atoms with E-state index in [-0.39, 0.29) is 17.6 Å². The topological polar surface area (TPSA) is 124 Å². The number of hydrogen-bond donors (Lipinski definition) is 1. The highest BCUT2D eigenvalue weighted by atomic mass is 32.2. The van der Waals surface area contributed by atoms with Gasteiger partial charge in [-0.05, 0) is 72.9 Å². The number of ether oxygens (including phenoxy) is 2. The van der Waals surface area contributed by atoms with Gasteiger partial charge in [0.2, 0.25) is 0 Å². The second-order valence-electron chi connectivity index (χ2n) is 10.6. The van der Waals surface area contributed by atoms with Crippen LogP contribution in [0, 0.1) is 0 Å². The molecule has 1 fully saturated rings. The number of hydrogen-bond acceptors (Lipinski definition) is 7. The Bertz CT molecular complexity index is 974. The first kappa shape index (κ1) is 27.8. The molecular weight excluding hydrogens is 458 g/mol. The van der Waals surface area contributed by atoms with E-state index in [4.69, 9.17) is 9.47 Å². The highest BCUT2D eigenvalue weighted by Gasteiger charge is 2.40. The third kappa shape index (κ3) is 9.04. The average Bonchev–Trinajstić information content (AvgIpc) is 2.64. The van der Waals surface area contributed by atoms with Crippen LogP contribution in [-0.2, 0) is 29.7 Å². The summed E-state index contributed by atoms with van der Waals surface area (Å²) in [7, 11) is -3.77. The van der Waals surface area contributed by atoms with Crippen molar-refractivity contribution < 1.29 is 27.5 Å². The molecule has 0 aromatic carbocycles. The predicted octanol–water partition coefficient (Wildman–Crippen LogP) is 3.92. The molecule has 1 amide bonds. The number of carbonyl (C=O) groups excluding carboxylic acids is 2. The van der Waals surface area contributed by atoms with Crippen LogP contribution in [-0.4, -0.2) is 54.7 Å². The first-order chi connectivity index (χ1) is 15.6. The van der Waals surface area contributed by atoms with Crippen molar-refractivity contribution in [3.63, 3.8) is 0 Å². The molecule has 1 N–H and O–H groups in total. The normalized spacial score (nSPS) is 17.0. The van der Waals surface area contributed by atoms with E-state index in [0.717, 1.165) is 31.2 Å². The van der Waals surface area contributed by atoms with Gasteiger partial charge in [0, 0.05) is 29.9 Å². The van der Waals surface area contributed by atoms with E-state index in [1.54, 1.807) is 47.7 Å². The van der Waals surface area contributed by atoms with E-state index in [9.17, 15) is 18.0 Å². The number of pyridine rings is 1. The molecule has 1 aromatic rings. The fourth-order valence-corrected chi connectivity index (χ4v) is 4.66. The Balaban J connectivity index is 2.03. The van der Waals surface area contributed by atoms with Gasteiger partial charge in [-0.2, -0.15) is 4.40 Å². The van der Waals surface area contributed by atoms with E-state index in [1.807, 2.05) is 18.2 Å². The molecule has 0 aliphatic heterocycles. The average molecular weight is 496 g/mol. The van der Waals surface area contributed by atoms with E-state index < -0.39 is 39.3 Å². The minimum atomic E-state index is -3.77. The summed E-state index contributed by atoms with van der Waals surface area (Å²) < 4.78 is 39.5. The summed E-state index contributed by atoms with van der Waals surface area (Å²) in [6, 6.07) is 4.54. The van der Waals surface area contributed by atoms with Crippen LogP contribution >= 0.6 is 0 Å². The Morgan fingerprint density at radius 1 is 1.15 bits per heavy atom. The summed E-state index contributed by atoms with van der Waals surface area (Å²) in [6.07, 6.45) is 5.14. The molecular formula is C24H37N3O6S. The lowest BCUT2D eigenvalue weighted by atomic mass is 9.65. The molecule has 9 nitrogen and oxygen atoms in total. The number of alkyl carbamates (subject to hydrolysis) is 1. The van der Waals surface area contributed by atoms with Gasteiger partial charge in [-0.15, -0.1) is 0 Å². The fraction of sp³-hybridized carbons (Fsp3) is 0.667. The fourth-order valence-electron chi connectivity index (χ4n) is 3.59. The van der Waals surface area contributed by atoms with Crippen molar-refractivity contribution in [2.75, 3.05) is 5.75 Å². The van der Waals surface area contributed by atoms with E-state index in [0.29, 0.717) is 6.42 Å². The molecule has 1 aliphatic carbocycles. The number of carbonyl (C=O) groups is 2. The maximum Gasteiger partial charge on any atom is 0.408 e. The van der Waals surface area contributed by atoms with Crippen LogP contribution < -0.4 is 5.32 Å². The highest BCUT2D eigenvalue weighted by Crippen LogP contribution is 2.45. The van der Waals surface area contributed by atoms with Crippen molar-refractivity contribution in [2.24, 2.45) is 4.40 Å². The third-order valence-corrected chi connectivity index (χ3v) is 6.51. The van der Waals surface area contributed by atoms with Gasteiger partial charge in [-0.25, -0.2) is 18.0 Å². The molecule has 190 valence electrons. The lowest BCUT2D eigenvalue weighted by Gasteiger charge is -2.41. The number of sulfonamides is 1. The molecule has 0 saturated heterocycles. The van der Waals surface area contributed by atoms with Gasteiger partial charge in [0.05, 0.1) is 5.75 Å². The molecule has 0 radical (unpaired) electrons. The molecule has 1 aromatic heterocycles. The molecule has 1 aliphatic rings. The van der Waals surface area contributed by atoms with Crippen molar-refractivity contribution in [2.45, 2.75) is 96.3 Å². The third-order valence-electron chi connectivity index (χ3n) is 5.32. The maximum atomic E-state index is 12.6. The summed E-state index contributed by atoms with van der Waals surface area (Å²) >= 11 is 0. The lowest BCUT2D eigenvalue weighted by molar-refractivity contribution is -0.157. The molecule has 0 unspecified atom stereocenters. The zero-order chi connectivity index (χ0) is 25.6. The Hall–Kier alpha value is -2.49. The second kappa shape index (κ2) is 10.8. The summed E-state index contributed by atoms with van der Waals surface area (Å²) in [5, 5.41) is 2.45. The maximum absolute atomic E-state index is 12.6. The van der Waals surface area contributed by atoms with Crippen molar-refractivity contribution in [1.29, 1.82) is 0 Å². The quantitative estimate of drug-likeness (QED) is 0.407. The number of rotatable bonds is 9. The van der Waals surface area contributed by atoms with Gasteiger partial charge in [0.1, 0.15) is 17.2 Å². The molecule has 1 atom stereocenters. The van der Waals surface area contributed by atoms with Crippen molar-refractivity contribution in [3.05, 3.63) is 30.1 Å². The lowest BCUT2D eigenvalue weighted by Crippen LogP contribution is -2.46. The second-order valence-corrected chi connectivity index (χ2v) is 12.4. The Morgan fingerprint density at radius 2 is 1.79 bits per heavy atom. The molecule has 0 spiro atoms. The Morgan fingerprint density at radius 3 is 2.29 bits per heavy atom. The SMILES string of the molecule is CC(C)(C)OC(=O)N[C@@H](C/C=N/S(=O)(=O)CCC1(c2ccccn2)CCC1)C(=O)OC(C)(C)C. The van der Waals surface area contributed by atoms with E-state index in [1.165, 1.54) is 0 Å². The van der Waals surface area contributed by atoms with Gasteiger partial charge >= 0.3 is 12.1 Å². The standard InChI is InChI=1S/C24H37N3O6S/c1-22(2,3)32-20(28)18(27-21(29)33-23(4,5)6)11-16-26-34(30,31)17-14-24(12-9-13-24)19-10-7-8-15-25-19/h7-8,10,15-16,18H,9,11-14,17H2,1-6H3,(H,27,29)/b26-16+/t18-/m0/s1. The minimum Gasteiger partial charge on any atom is -0.458 e. The molecule has 1 saturated carbocycles. The number of amides is 1. The summed E-state index contributed by atoms with van der Waals surface area (Å²) in [5.74, 6) is -0.831. The van der Waals surface area contributed by atoms with Gasteiger partial charge < -0.3 is 14.8 Å². The van der Waals surface area contributed by atoms with Crippen molar-refractivity contribution >= 4 is 28.3 Å². The van der Waals surface area contributed by atoms with Crippen LogP contribution in [0.15, 0.2) is 28.8 Å². The minimum absolute atomic E-state index is 0.128. The van der Waals surface area contributed by atoms with Crippen molar-refractivity contribution in [3.8, 4) is 0 Å². The van der Waals surface area contributed by atoms with E-state index in [2.05, 4.69) is 14.7 Å². The van der Waals surface area contributed by atoms with Gasteiger partial charge in [0.15, 0.2) is 0 Å². The summed E-state index contributed by atoms with van der Waals surface area (Å²) in [6.45, 7) is 10.2. The van der Waals surface area contributed by atoms with Crippen LogP contribution in [0.1, 0.15) is 79.3 Å². The molecule has 10 heteroatoms. The number of nitrogens with one attached hydrogen (secondary N) is 1. The van der Waals surface area contributed by atoms with E-state index >= 15 is 0 Å². The Kier molecular flexibility index (Phi) is 8.85. The highest BCUT2D eigenvalue weighted by molar-refractivity contribution is 7.90. The summed E-state index contributed by atoms with van der Waals surface area (Å²) in [4.78, 5) is 29.2. The number of nitrogens with zero attached hydrogens (tertiary/aromatic N) is 2. The predicted molar refractivity (Wildman–Crippen MR) is 130 cm³/mol. The molecule has 0 bridgehead atoms. The zero-order valence-corrected chi connectivity index (χ0v) is 21.8. The van der Waals surface area contributed by atoms with Gasteiger partial charge in [0.25, 0.3) is 10.0 Å². The molecule has 34 heavy (non-hydrogen) atoms. The van der Waals surface area contributed by atoms with Crippen LogP contribution in [0.25, 0.3) is 0 Å². The van der Waals surface area contributed by atoms with Crippen LogP contribution in [0.3, 0.4) is 0 Å². The first-order valence-electron chi connectivity index (χ1n) is 11.5. The van der Waals surface area contributed by atoms with Gasteiger partial charge in [-0.1, -0.05) is 12.5 Å². The Labute approximate surface area is 202 Å². The number of esters is 1. The van der Waals surface area contributed by atoms with Crippen LogP contribution in [0.5, 0.6) is 0 Å². The summed E-state index contributed by atoms with van der Waals surface area (Å²) in [5.41, 5.74) is -0.866. The molecule has 2 rings (SSSR count). The zero-order valence-electron chi connectivity index (χ0n) is 21.0. The monoisotopic (exact) mass is 495 g/mol. The largest absolute Gasteiger partial charge is 0.458 e. The van der Waals surface area contributed by atoms with Gasteiger partial charge in [-0.3, -0.25) is 4.98 Å². The first-order valence-corrected chi connectivity index (χ1v) is 13.1. The number of aromatic nitrogens is 1. The van der Waals surface area contributed by atoms with Crippen LogP contribution in [0.4, 0.5) is 4.79 Å². The molecule has 1 heterocycles. The smallest absolute Gasteiger partial charge is 0.408 e.